The Labute approximate surface area is 269 Å². The Morgan fingerprint density at radius 1 is 1.17 bits per heavy atom. The van der Waals surface area contributed by atoms with E-state index in [9.17, 15) is 32.7 Å². The molecule has 3 atom stereocenters. The lowest BCUT2D eigenvalue weighted by atomic mass is 10.0. The number of carboxylic acid groups (broad SMARTS) is 1. The van der Waals surface area contributed by atoms with E-state index in [4.69, 9.17) is 25.5 Å². The van der Waals surface area contributed by atoms with Crippen molar-refractivity contribution in [1.29, 1.82) is 0 Å². The third-order valence-electron chi connectivity index (χ3n) is 7.08. The number of nitrogens with zero attached hydrogens (tertiary/aromatic N) is 2. The van der Waals surface area contributed by atoms with Crippen LogP contribution in [-0.4, -0.2) is 125 Å². The molecule has 1 saturated heterocycles. The lowest BCUT2D eigenvalue weighted by molar-refractivity contribution is -0.192. The average molecular weight is 675 g/mol. The number of benzene rings is 2. The van der Waals surface area contributed by atoms with Crippen LogP contribution in [0.15, 0.2) is 42.5 Å². The predicted molar refractivity (Wildman–Crippen MR) is 166 cm³/mol. The maximum Gasteiger partial charge on any atom is 0.490 e. The Morgan fingerprint density at radius 2 is 1.85 bits per heavy atom. The second-order valence-corrected chi connectivity index (χ2v) is 11.6. The van der Waals surface area contributed by atoms with Gasteiger partial charge in [-0.3, -0.25) is 14.5 Å². The lowest BCUT2D eigenvalue weighted by Gasteiger charge is -2.31. The van der Waals surface area contributed by atoms with Gasteiger partial charge in [-0.1, -0.05) is 42.5 Å². The summed E-state index contributed by atoms with van der Waals surface area (Å²) in [6, 6.07) is 13.2. The van der Waals surface area contributed by atoms with E-state index in [0.717, 1.165) is 29.2 Å². The molecule has 1 heterocycles. The Morgan fingerprint density at radius 3 is 2.48 bits per heavy atom. The zero-order valence-corrected chi connectivity index (χ0v) is 26.3. The van der Waals surface area contributed by atoms with Crippen LogP contribution in [0.5, 0.6) is 0 Å². The Kier molecular flexibility index (Phi) is 16.2. The largest absolute Gasteiger partial charge is 0.490 e. The van der Waals surface area contributed by atoms with Crippen molar-refractivity contribution in [3.8, 4) is 0 Å². The highest BCUT2D eigenvalue weighted by atomic mass is 32.2. The highest BCUT2D eigenvalue weighted by Gasteiger charge is 2.38. The second kappa shape index (κ2) is 19.3. The van der Waals surface area contributed by atoms with Gasteiger partial charge in [-0.15, -0.1) is 0 Å². The number of thioether (sulfide) groups is 1. The van der Waals surface area contributed by atoms with Crippen LogP contribution in [0.2, 0.25) is 0 Å². The Bertz CT molecular complexity index is 1300. The molecule has 1 unspecified atom stereocenters. The van der Waals surface area contributed by atoms with E-state index in [1.807, 2.05) is 47.6 Å². The number of esters is 1. The highest BCUT2D eigenvalue weighted by molar-refractivity contribution is 7.98. The number of fused-ring (bicyclic) bond motifs is 1. The van der Waals surface area contributed by atoms with Gasteiger partial charge in [0.25, 0.3) is 0 Å². The summed E-state index contributed by atoms with van der Waals surface area (Å²) in [5.41, 5.74) is 6.70. The molecule has 2 aromatic carbocycles. The van der Waals surface area contributed by atoms with Gasteiger partial charge in [0, 0.05) is 25.7 Å². The summed E-state index contributed by atoms with van der Waals surface area (Å²) in [5, 5.41) is 30.7. The van der Waals surface area contributed by atoms with Crippen molar-refractivity contribution in [3.63, 3.8) is 0 Å². The van der Waals surface area contributed by atoms with Gasteiger partial charge in [0.15, 0.2) is 0 Å². The van der Waals surface area contributed by atoms with Gasteiger partial charge in [-0.2, -0.15) is 24.9 Å². The quantitative estimate of drug-likeness (QED) is 0.172. The summed E-state index contributed by atoms with van der Waals surface area (Å²) in [5.74, 6) is -3.22. The van der Waals surface area contributed by atoms with Crippen molar-refractivity contribution in [2.24, 2.45) is 5.73 Å². The zero-order chi connectivity index (χ0) is 34.3. The normalized spacial score (nSPS) is 16.0. The van der Waals surface area contributed by atoms with Crippen LogP contribution in [0.4, 0.5) is 13.2 Å². The molecule has 2 aromatic rings. The molecular formula is C30H41F3N4O8S. The standard InChI is InChI=1S/C28H40N4O6S.C2HF3O2/c1-39-13-11-25(28(37)38-19-23(34)18-33)30-26(35)17-31(16-22-9-5-12-32(22)27(36)14-29)15-21-8-4-7-20-6-2-3-10-24(20)21;3-2(4,5)1(6)7/h2-4,6-8,10,22-23,25,33-34H,5,9,11-19,29H2,1H3,(H,30,35);(H,6,7)/t22-,23?,25-;/m0./s1. The van der Waals surface area contributed by atoms with Crippen molar-refractivity contribution >= 4 is 46.3 Å². The first-order chi connectivity index (χ1) is 21.8. The van der Waals surface area contributed by atoms with Crippen LogP contribution in [0, 0.1) is 0 Å². The third kappa shape index (κ3) is 12.7. The van der Waals surface area contributed by atoms with Gasteiger partial charge in [0.05, 0.1) is 19.7 Å². The fraction of sp³-hybridized carbons (Fsp3) is 0.533. The number of aliphatic hydroxyl groups excluding tert-OH is 2. The number of likely N-dealkylation sites (tertiary alicyclic amines) is 1. The van der Waals surface area contributed by atoms with E-state index in [1.165, 1.54) is 11.8 Å². The van der Waals surface area contributed by atoms with Crippen molar-refractivity contribution in [1.82, 2.24) is 15.1 Å². The summed E-state index contributed by atoms with van der Waals surface area (Å²) in [7, 11) is 0. The molecular weight excluding hydrogens is 633 g/mol. The number of carbonyl (C=O) groups excluding carboxylic acids is 3. The van der Waals surface area contributed by atoms with Crippen LogP contribution < -0.4 is 11.1 Å². The summed E-state index contributed by atoms with van der Waals surface area (Å²) in [4.78, 5) is 51.1. The zero-order valence-electron chi connectivity index (χ0n) is 25.4. The Hall–Kier alpha value is -3.44. The molecule has 0 bridgehead atoms. The molecule has 0 spiro atoms. The van der Waals surface area contributed by atoms with Gasteiger partial charge in [0.1, 0.15) is 18.8 Å². The molecule has 3 rings (SSSR count). The van der Waals surface area contributed by atoms with E-state index < -0.39 is 36.9 Å². The molecule has 1 fully saturated rings. The van der Waals surface area contributed by atoms with Gasteiger partial charge in [0.2, 0.25) is 11.8 Å². The first kappa shape index (κ1) is 38.7. The SMILES string of the molecule is CSCC[C@H](NC(=O)CN(Cc1cccc2ccccc12)C[C@@H]1CCCN1C(=O)CN)C(=O)OCC(O)CO.O=C(O)C(F)(F)F. The number of hydrogen-bond donors (Lipinski definition) is 5. The monoisotopic (exact) mass is 674 g/mol. The summed E-state index contributed by atoms with van der Waals surface area (Å²) in [6.45, 7) is 0.724. The molecule has 6 N–H and O–H groups in total. The van der Waals surface area contributed by atoms with Crippen LogP contribution in [0.1, 0.15) is 24.8 Å². The number of nitrogens with two attached hydrogens (primary N) is 1. The van der Waals surface area contributed by atoms with Gasteiger partial charge >= 0.3 is 18.1 Å². The lowest BCUT2D eigenvalue weighted by Crippen LogP contribution is -2.50. The summed E-state index contributed by atoms with van der Waals surface area (Å²) >= 11 is 1.54. The van der Waals surface area contributed by atoms with Crippen LogP contribution in [0.3, 0.4) is 0 Å². The average Bonchev–Trinajstić information content (AvgIpc) is 3.49. The van der Waals surface area contributed by atoms with Crippen molar-refractivity contribution in [2.75, 3.05) is 51.4 Å². The number of carboxylic acids is 1. The fourth-order valence-electron chi connectivity index (χ4n) is 4.88. The first-order valence-corrected chi connectivity index (χ1v) is 15.9. The molecule has 0 saturated carbocycles. The first-order valence-electron chi connectivity index (χ1n) is 14.5. The summed E-state index contributed by atoms with van der Waals surface area (Å²) in [6.07, 6.45) is -2.28. The molecule has 46 heavy (non-hydrogen) atoms. The highest BCUT2D eigenvalue weighted by Crippen LogP contribution is 2.23. The molecule has 12 nitrogen and oxygen atoms in total. The number of nitrogens with one attached hydrogen (secondary N) is 1. The second-order valence-electron chi connectivity index (χ2n) is 10.6. The van der Waals surface area contributed by atoms with Crippen molar-refractivity contribution in [2.45, 2.75) is 50.2 Å². The van der Waals surface area contributed by atoms with Crippen molar-refractivity contribution in [3.05, 3.63) is 48.0 Å². The molecule has 1 aliphatic rings. The molecule has 1 aliphatic heterocycles. The van der Waals surface area contributed by atoms with Crippen LogP contribution in [-0.2, 0) is 30.5 Å². The van der Waals surface area contributed by atoms with Gasteiger partial charge in [-0.05, 0) is 47.6 Å². The number of carbonyl (C=O) groups is 4. The van der Waals surface area contributed by atoms with Gasteiger partial charge in [-0.25, -0.2) is 9.59 Å². The molecule has 2 amide bonds. The number of aliphatic hydroxyl groups is 2. The minimum absolute atomic E-state index is 0.0205. The maximum atomic E-state index is 13.3. The number of aliphatic carboxylic acids is 1. The maximum absolute atomic E-state index is 13.3. The number of ether oxygens (including phenoxy) is 1. The number of alkyl halides is 3. The van der Waals surface area contributed by atoms with E-state index in [0.29, 0.717) is 31.8 Å². The van der Waals surface area contributed by atoms with Crippen molar-refractivity contribution < 1.29 is 52.4 Å². The molecule has 0 radical (unpaired) electrons. The number of hydrogen-bond acceptors (Lipinski definition) is 10. The third-order valence-corrected chi connectivity index (χ3v) is 7.73. The number of halogens is 3. The van der Waals surface area contributed by atoms with E-state index >= 15 is 0 Å². The van der Waals surface area contributed by atoms with E-state index in [-0.39, 0.29) is 37.6 Å². The van der Waals surface area contributed by atoms with E-state index in [1.54, 1.807) is 4.90 Å². The van der Waals surface area contributed by atoms with E-state index in [2.05, 4.69) is 11.4 Å². The number of rotatable bonds is 15. The fourth-order valence-corrected chi connectivity index (χ4v) is 5.36. The minimum atomic E-state index is -5.08. The number of amides is 2. The summed E-state index contributed by atoms with van der Waals surface area (Å²) < 4.78 is 36.9. The Balaban J connectivity index is 0.000000942. The molecule has 0 aromatic heterocycles. The smallest absolute Gasteiger partial charge is 0.475 e. The van der Waals surface area contributed by atoms with Crippen LogP contribution in [0.25, 0.3) is 10.8 Å². The van der Waals surface area contributed by atoms with Crippen LogP contribution >= 0.6 is 11.8 Å². The topological polar surface area (TPSA) is 183 Å². The molecule has 256 valence electrons. The molecule has 0 aliphatic carbocycles. The van der Waals surface area contributed by atoms with Gasteiger partial charge < -0.3 is 36.0 Å². The minimum Gasteiger partial charge on any atom is -0.475 e. The predicted octanol–water partition coefficient (Wildman–Crippen LogP) is 1.36. The molecule has 16 heteroatoms.